The molecule has 3 rings (SSSR count). The Morgan fingerprint density at radius 1 is 0.909 bits per heavy atom. The van der Waals surface area contributed by atoms with Gasteiger partial charge in [-0.15, -0.1) is 0 Å². The standard InChI is InChI=1S/C31H44O13/c1-16(2)6-5-7-17(3)12-13-40-30-27(39)29(44-31-26(38)25(37)24(36)18(4)41-31)28(22(15-32)42-30)43-23(35)11-9-19-8-10-20(33)21(34)14-19/h6,8-12,14,18,22,24-34,36-39H,5,7,13,15H2,1-4H3/b11-9+,17-12+/t18-,22+,24-,25-,26+,27+,28+,29+,30+,31-/m0/s1. The number of allylic oxidation sites excluding steroid dienone is 3. The van der Waals surface area contributed by atoms with Gasteiger partial charge in [0.2, 0.25) is 0 Å². The smallest absolute Gasteiger partial charge is 0.331 e. The number of aliphatic hydroxyl groups excluding tert-OH is 5. The predicted molar refractivity (Wildman–Crippen MR) is 156 cm³/mol. The van der Waals surface area contributed by atoms with Gasteiger partial charge in [-0.3, -0.25) is 0 Å². The number of phenolic OH excluding ortho intramolecular Hbond substituents is 2. The lowest BCUT2D eigenvalue weighted by Gasteiger charge is -2.46. The molecular weight excluding hydrogens is 580 g/mol. The van der Waals surface area contributed by atoms with Gasteiger partial charge < -0.3 is 59.4 Å². The molecule has 13 heteroatoms. The summed E-state index contributed by atoms with van der Waals surface area (Å²) in [6, 6.07) is 3.90. The normalized spacial score (nSPS) is 32.9. The fourth-order valence-corrected chi connectivity index (χ4v) is 4.71. The average molecular weight is 625 g/mol. The van der Waals surface area contributed by atoms with Gasteiger partial charge in [0.25, 0.3) is 0 Å². The van der Waals surface area contributed by atoms with Crippen molar-refractivity contribution in [3.05, 3.63) is 53.1 Å². The Morgan fingerprint density at radius 3 is 2.30 bits per heavy atom. The average Bonchev–Trinajstić information content (AvgIpc) is 2.97. The van der Waals surface area contributed by atoms with Crippen LogP contribution >= 0.6 is 0 Å². The molecule has 7 N–H and O–H groups in total. The van der Waals surface area contributed by atoms with Crippen molar-refractivity contribution < 1.29 is 64.2 Å². The maximum absolute atomic E-state index is 12.8. The SMILES string of the molecule is CC(C)=CCC/C(C)=C/CO[C@@H]1O[C@H](CO)[C@@H](OC(=O)/C=C/c2ccc(O)c(O)c2)[C@H](O[C@@H]2O[C@@H](C)[C@H](O)[C@H](O)[C@H]2O)[C@H]1O. The van der Waals surface area contributed by atoms with Gasteiger partial charge in [0.15, 0.2) is 30.2 Å². The van der Waals surface area contributed by atoms with Crippen LogP contribution in [-0.2, 0) is 28.5 Å². The Balaban J connectivity index is 1.80. The molecule has 0 spiro atoms. The fourth-order valence-electron chi connectivity index (χ4n) is 4.71. The van der Waals surface area contributed by atoms with E-state index >= 15 is 0 Å². The van der Waals surface area contributed by atoms with Gasteiger partial charge in [0.05, 0.1) is 19.3 Å². The molecule has 0 aromatic heterocycles. The van der Waals surface area contributed by atoms with Crippen molar-refractivity contribution in [1.29, 1.82) is 0 Å². The van der Waals surface area contributed by atoms with Crippen LogP contribution in [0.15, 0.2) is 47.6 Å². The number of hydrogen-bond donors (Lipinski definition) is 7. The van der Waals surface area contributed by atoms with Crippen molar-refractivity contribution in [3.8, 4) is 11.5 Å². The number of aromatic hydroxyl groups is 2. The summed E-state index contributed by atoms with van der Waals surface area (Å²) in [4.78, 5) is 12.8. The highest BCUT2D eigenvalue weighted by atomic mass is 16.7. The van der Waals surface area contributed by atoms with Crippen molar-refractivity contribution in [1.82, 2.24) is 0 Å². The molecule has 2 saturated heterocycles. The Hall–Kier alpha value is -2.85. The van der Waals surface area contributed by atoms with Crippen LogP contribution in [0.5, 0.6) is 11.5 Å². The summed E-state index contributed by atoms with van der Waals surface area (Å²) in [7, 11) is 0. The van der Waals surface area contributed by atoms with Crippen LogP contribution in [0.4, 0.5) is 0 Å². The van der Waals surface area contributed by atoms with E-state index in [9.17, 15) is 40.5 Å². The number of ether oxygens (including phenoxy) is 5. The molecule has 0 saturated carbocycles. The van der Waals surface area contributed by atoms with Gasteiger partial charge in [-0.25, -0.2) is 4.79 Å². The summed E-state index contributed by atoms with van der Waals surface area (Å²) >= 11 is 0. The summed E-state index contributed by atoms with van der Waals surface area (Å²) in [6.07, 6.45) is -6.53. The number of benzene rings is 1. The first-order chi connectivity index (χ1) is 20.8. The van der Waals surface area contributed by atoms with E-state index in [1.54, 1.807) is 0 Å². The van der Waals surface area contributed by atoms with Crippen LogP contribution < -0.4 is 0 Å². The van der Waals surface area contributed by atoms with E-state index in [0.717, 1.165) is 24.5 Å². The number of phenols is 2. The Bertz CT molecular complexity index is 1180. The number of esters is 1. The van der Waals surface area contributed by atoms with E-state index in [2.05, 4.69) is 6.08 Å². The second-order valence-corrected chi connectivity index (χ2v) is 11.2. The molecule has 2 aliphatic heterocycles. The summed E-state index contributed by atoms with van der Waals surface area (Å²) in [5.74, 6) is -1.67. The lowest BCUT2D eigenvalue weighted by atomic mass is 9.97. The molecule has 0 bridgehead atoms. The zero-order valence-electron chi connectivity index (χ0n) is 25.2. The van der Waals surface area contributed by atoms with Crippen molar-refractivity contribution >= 4 is 12.0 Å². The third-order valence-electron chi connectivity index (χ3n) is 7.34. The Labute approximate surface area is 256 Å². The van der Waals surface area contributed by atoms with Gasteiger partial charge in [0.1, 0.15) is 36.6 Å². The van der Waals surface area contributed by atoms with Crippen LogP contribution in [0.1, 0.15) is 46.1 Å². The molecule has 13 nitrogen and oxygen atoms in total. The van der Waals surface area contributed by atoms with Crippen LogP contribution in [-0.4, -0.2) is 116 Å². The van der Waals surface area contributed by atoms with Crippen LogP contribution in [0, 0.1) is 0 Å². The summed E-state index contributed by atoms with van der Waals surface area (Å²) in [6.45, 7) is 6.79. The highest BCUT2D eigenvalue weighted by Gasteiger charge is 2.52. The number of aliphatic hydroxyl groups is 5. The maximum Gasteiger partial charge on any atom is 0.331 e. The van der Waals surface area contributed by atoms with Crippen LogP contribution in [0.25, 0.3) is 6.08 Å². The quantitative estimate of drug-likeness (QED) is 0.0752. The zero-order valence-corrected chi connectivity index (χ0v) is 25.2. The fraction of sp³-hybridized carbons (Fsp3) is 0.581. The summed E-state index contributed by atoms with van der Waals surface area (Å²) < 4.78 is 28.5. The highest BCUT2D eigenvalue weighted by molar-refractivity contribution is 5.87. The molecule has 0 amide bonds. The number of carbonyl (C=O) groups is 1. The summed E-state index contributed by atoms with van der Waals surface area (Å²) in [5, 5.41) is 71.5. The minimum absolute atomic E-state index is 0.0460. The maximum atomic E-state index is 12.8. The second-order valence-electron chi connectivity index (χ2n) is 11.2. The first kappa shape index (κ1) is 35.6. The molecule has 44 heavy (non-hydrogen) atoms. The number of rotatable bonds is 12. The Kier molecular flexibility index (Phi) is 13.3. The van der Waals surface area contributed by atoms with E-state index in [1.807, 2.05) is 26.8 Å². The minimum Gasteiger partial charge on any atom is -0.504 e. The third-order valence-corrected chi connectivity index (χ3v) is 7.34. The van der Waals surface area contributed by atoms with E-state index in [-0.39, 0.29) is 12.4 Å². The predicted octanol–water partition coefficient (Wildman–Crippen LogP) is 1.02. The van der Waals surface area contributed by atoms with Gasteiger partial charge >= 0.3 is 5.97 Å². The second kappa shape index (κ2) is 16.5. The molecule has 2 heterocycles. The molecule has 2 aliphatic rings. The lowest BCUT2D eigenvalue weighted by Crippen LogP contribution is -2.65. The molecule has 2 fully saturated rings. The van der Waals surface area contributed by atoms with Gasteiger partial charge in [-0.2, -0.15) is 0 Å². The first-order valence-corrected chi connectivity index (χ1v) is 14.4. The molecule has 10 atom stereocenters. The van der Waals surface area contributed by atoms with Crippen molar-refractivity contribution in [2.75, 3.05) is 13.2 Å². The molecule has 0 radical (unpaired) electrons. The lowest BCUT2D eigenvalue weighted by molar-refractivity contribution is -0.356. The van der Waals surface area contributed by atoms with Crippen molar-refractivity contribution in [2.24, 2.45) is 0 Å². The topological polar surface area (TPSA) is 205 Å². The van der Waals surface area contributed by atoms with Crippen molar-refractivity contribution in [2.45, 2.75) is 102 Å². The first-order valence-electron chi connectivity index (χ1n) is 14.4. The highest BCUT2D eigenvalue weighted by Crippen LogP contribution is 2.31. The third kappa shape index (κ3) is 9.57. The number of carbonyl (C=O) groups excluding carboxylic acids is 1. The van der Waals surface area contributed by atoms with Crippen LogP contribution in [0.2, 0.25) is 0 Å². The zero-order chi connectivity index (χ0) is 32.6. The van der Waals surface area contributed by atoms with E-state index in [4.69, 9.17) is 23.7 Å². The van der Waals surface area contributed by atoms with Crippen LogP contribution in [0.3, 0.4) is 0 Å². The molecular formula is C31H44O13. The Morgan fingerprint density at radius 2 is 1.64 bits per heavy atom. The van der Waals surface area contributed by atoms with Crippen molar-refractivity contribution in [3.63, 3.8) is 0 Å². The molecule has 0 unspecified atom stereocenters. The molecule has 1 aromatic carbocycles. The molecule has 1 aromatic rings. The van der Waals surface area contributed by atoms with Gasteiger partial charge in [0, 0.05) is 6.08 Å². The van der Waals surface area contributed by atoms with Gasteiger partial charge in [-0.05, 0) is 64.3 Å². The minimum atomic E-state index is -1.73. The van der Waals surface area contributed by atoms with E-state index in [1.165, 1.54) is 36.8 Å². The van der Waals surface area contributed by atoms with Gasteiger partial charge in [-0.1, -0.05) is 29.4 Å². The summed E-state index contributed by atoms with van der Waals surface area (Å²) in [5.41, 5.74) is 2.62. The molecule has 0 aliphatic carbocycles. The van der Waals surface area contributed by atoms with E-state index < -0.39 is 79.7 Å². The largest absolute Gasteiger partial charge is 0.504 e. The molecule has 246 valence electrons. The number of hydrogen-bond acceptors (Lipinski definition) is 13. The monoisotopic (exact) mass is 624 g/mol. The van der Waals surface area contributed by atoms with E-state index in [0.29, 0.717) is 5.56 Å².